The molecular weight excluding hydrogens is 332 g/mol. The molecule has 0 bridgehead atoms. The highest BCUT2D eigenvalue weighted by Crippen LogP contribution is 2.33. The molecule has 1 aromatic carbocycles. The molecule has 1 saturated carbocycles. The van der Waals surface area contributed by atoms with E-state index >= 15 is 0 Å². The summed E-state index contributed by atoms with van der Waals surface area (Å²) >= 11 is 1.34. The van der Waals surface area contributed by atoms with E-state index in [4.69, 9.17) is 4.42 Å². The van der Waals surface area contributed by atoms with Gasteiger partial charge in [0.2, 0.25) is 5.89 Å². The van der Waals surface area contributed by atoms with Gasteiger partial charge in [-0.25, -0.2) is 0 Å². The Labute approximate surface area is 153 Å². The Kier molecular flexibility index (Phi) is 5.62. The van der Waals surface area contributed by atoms with Crippen molar-refractivity contribution in [1.29, 1.82) is 0 Å². The van der Waals surface area contributed by atoms with Crippen molar-refractivity contribution in [3.8, 4) is 0 Å². The fourth-order valence-electron chi connectivity index (χ4n) is 3.50. The highest BCUT2D eigenvalue weighted by atomic mass is 32.2. The lowest BCUT2D eigenvalue weighted by atomic mass is 9.89. The number of aryl methyl sites for hydroxylation is 1. The number of nitrogens with zero attached hydrogens (tertiary/aromatic N) is 2. The van der Waals surface area contributed by atoms with Crippen LogP contribution in [0.15, 0.2) is 15.7 Å². The molecule has 2 aromatic rings. The molecule has 0 N–H and O–H groups in total. The lowest BCUT2D eigenvalue weighted by molar-refractivity contribution is 0.102. The Morgan fingerprint density at radius 1 is 1.08 bits per heavy atom. The normalized spacial score (nSPS) is 15.5. The highest BCUT2D eigenvalue weighted by Gasteiger charge is 2.22. The van der Waals surface area contributed by atoms with Crippen LogP contribution in [0.25, 0.3) is 0 Å². The first-order chi connectivity index (χ1) is 12.0. The second-order valence-electron chi connectivity index (χ2n) is 7.07. The molecule has 1 aliphatic rings. The van der Waals surface area contributed by atoms with Gasteiger partial charge in [0.25, 0.3) is 5.22 Å². The summed E-state index contributed by atoms with van der Waals surface area (Å²) in [7, 11) is 0. The van der Waals surface area contributed by atoms with Crippen LogP contribution < -0.4 is 0 Å². The fraction of sp³-hybridized carbons (Fsp3) is 0.550. The smallest absolute Gasteiger partial charge is 0.277 e. The summed E-state index contributed by atoms with van der Waals surface area (Å²) in [5, 5.41) is 8.83. The average Bonchev–Trinajstić information content (AvgIpc) is 3.11. The van der Waals surface area contributed by atoms with Gasteiger partial charge < -0.3 is 4.42 Å². The molecule has 1 aromatic heterocycles. The minimum Gasteiger partial charge on any atom is -0.416 e. The SMILES string of the molecule is Cc1cc(C(=O)CSc2nnc(C3CCCCC3)o2)c(C)c(C)c1C. The molecule has 0 radical (unpaired) electrons. The molecule has 0 aliphatic heterocycles. The molecule has 0 saturated heterocycles. The second-order valence-corrected chi connectivity index (χ2v) is 8.00. The molecule has 134 valence electrons. The summed E-state index contributed by atoms with van der Waals surface area (Å²) in [6, 6.07) is 2.00. The zero-order valence-electron chi connectivity index (χ0n) is 15.5. The van der Waals surface area contributed by atoms with Gasteiger partial charge in [-0.3, -0.25) is 4.79 Å². The topological polar surface area (TPSA) is 56.0 Å². The Hall–Kier alpha value is -1.62. The minimum absolute atomic E-state index is 0.117. The van der Waals surface area contributed by atoms with Gasteiger partial charge in [0.1, 0.15) is 0 Å². The molecule has 3 rings (SSSR count). The quantitative estimate of drug-likeness (QED) is 0.534. The summed E-state index contributed by atoms with van der Waals surface area (Å²) in [5.41, 5.74) is 5.50. The largest absolute Gasteiger partial charge is 0.416 e. The van der Waals surface area contributed by atoms with Crippen molar-refractivity contribution >= 4 is 17.5 Å². The van der Waals surface area contributed by atoms with Crippen molar-refractivity contribution in [3.05, 3.63) is 39.8 Å². The van der Waals surface area contributed by atoms with E-state index in [0.29, 0.717) is 16.9 Å². The Morgan fingerprint density at radius 2 is 1.80 bits per heavy atom. The van der Waals surface area contributed by atoms with Crippen molar-refractivity contribution in [2.75, 3.05) is 5.75 Å². The van der Waals surface area contributed by atoms with E-state index in [1.165, 1.54) is 42.2 Å². The van der Waals surface area contributed by atoms with E-state index in [0.717, 1.165) is 35.4 Å². The summed E-state index contributed by atoms with van der Waals surface area (Å²) in [6.45, 7) is 8.26. The molecule has 25 heavy (non-hydrogen) atoms. The van der Waals surface area contributed by atoms with Gasteiger partial charge in [0, 0.05) is 11.5 Å². The number of hydrogen-bond donors (Lipinski definition) is 0. The Balaban J connectivity index is 1.66. The number of carbonyl (C=O) groups is 1. The molecule has 5 heteroatoms. The minimum atomic E-state index is 0.117. The molecule has 0 atom stereocenters. The number of thioether (sulfide) groups is 1. The first kappa shape index (κ1) is 18.2. The maximum absolute atomic E-state index is 12.7. The number of ketones is 1. The number of Topliss-reactive ketones (excluding diaryl/α,β-unsaturated/α-hetero) is 1. The molecule has 0 unspecified atom stereocenters. The van der Waals surface area contributed by atoms with Crippen molar-refractivity contribution in [2.24, 2.45) is 0 Å². The van der Waals surface area contributed by atoms with Crippen molar-refractivity contribution in [1.82, 2.24) is 10.2 Å². The molecule has 4 nitrogen and oxygen atoms in total. The number of hydrogen-bond acceptors (Lipinski definition) is 5. The predicted octanol–water partition coefficient (Wildman–Crippen LogP) is 5.33. The average molecular weight is 359 g/mol. The van der Waals surface area contributed by atoms with Gasteiger partial charge in [0.15, 0.2) is 5.78 Å². The molecule has 1 aliphatic carbocycles. The lowest BCUT2D eigenvalue weighted by Gasteiger charge is -2.17. The van der Waals surface area contributed by atoms with Crippen LogP contribution in [0.3, 0.4) is 0 Å². The standard InChI is InChI=1S/C20H26N2O2S/c1-12-10-17(15(4)14(3)13(12)2)18(23)11-25-20-22-21-19(24-20)16-8-6-5-7-9-16/h10,16H,5-9,11H2,1-4H3. The van der Waals surface area contributed by atoms with Gasteiger partial charge in [-0.1, -0.05) is 31.0 Å². The van der Waals surface area contributed by atoms with Crippen molar-refractivity contribution < 1.29 is 9.21 Å². The van der Waals surface area contributed by atoms with Gasteiger partial charge in [-0.15, -0.1) is 10.2 Å². The van der Waals surface area contributed by atoms with Crippen LogP contribution in [-0.2, 0) is 0 Å². The van der Waals surface area contributed by atoms with Crippen LogP contribution in [0.4, 0.5) is 0 Å². The number of aromatic nitrogens is 2. The molecular formula is C20H26N2O2S. The van der Waals surface area contributed by atoms with Gasteiger partial charge >= 0.3 is 0 Å². The lowest BCUT2D eigenvalue weighted by Crippen LogP contribution is -2.08. The Bertz CT molecular complexity index is 776. The fourth-order valence-corrected chi connectivity index (χ4v) is 4.15. The summed E-state index contributed by atoms with van der Waals surface area (Å²) in [4.78, 5) is 12.7. The summed E-state index contributed by atoms with van der Waals surface area (Å²) in [6.07, 6.45) is 6.03. The highest BCUT2D eigenvalue weighted by molar-refractivity contribution is 7.99. The van der Waals surface area contributed by atoms with Crippen molar-refractivity contribution in [3.63, 3.8) is 0 Å². The van der Waals surface area contributed by atoms with Crippen LogP contribution in [0.5, 0.6) is 0 Å². The van der Waals surface area contributed by atoms with Gasteiger partial charge in [0.05, 0.1) is 5.75 Å². The van der Waals surface area contributed by atoms with Crippen LogP contribution in [0.1, 0.15) is 76.5 Å². The molecule has 1 heterocycles. The first-order valence-electron chi connectivity index (χ1n) is 9.04. The van der Waals surface area contributed by atoms with Crippen LogP contribution in [0.2, 0.25) is 0 Å². The van der Waals surface area contributed by atoms with Crippen LogP contribution in [-0.4, -0.2) is 21.7 Å². The van der Waals surface area contributed by atoms with Crippen LogP contribution in [0, 0.1) is 27.7 Å². The summed E-state index contributed by atoms with van der Waals surface area (Å²) < 4.78 is 5.79. The first-order valence-corrected chi connectivity index (χ1v) is 10.0. The third kappa shape index (κ3) is 3.97. The number of benzene rings is 1. The second kappa shape index (κ2) is 7.73. The number of rotatable bonds is 5. The number of carbonyl (C=O) groups excluding carboxylic acids is 1. The van der Waals surface area contributed by atoms with E-state index < -0.39 is 0 Å². The van der Waals surface area contributed by atoms with Crippen LogP contribution >= 0.6 is 11.8 Å². The third-order valence-electron chi connectivity index (χ3n) is 5.49. The van der Waals surface area contributed by atoms with E-state index in [-0.39, 0.29) is 5.78 Å². The molecule has 0 spiro atoms. The third-order valence-corrected chi connectivity index (χ3v) is 6.30. The molecule has 0 amide bonds. The van der Waals surface area contributed by atoms with E-state index in [9.17, 15) is 4.79 Å². The van der Waals surface area contributed by atoms with E-state index in [1.54, 1.807) is 0 Å². The van der Waals surface area contributed by atoms with E-state index in [2.05, 4.69) is 31.0 Å². The van der Waals surface area contributed by atoms with Gasteiger partial charge in [-0.2, -0.15) is 0 Å². The summed E-state index contributed by atoms with van der Waals surface area (Å²) in [5.74, 6) is 1.59. The van der Waals surface area contributed by atoms with Gasteiger partial charge in [-0.05, 0) is 68.9 Å². The molecule has 1 fully saturated rings. The Morgan fingerprint density at radius 3 is 2.52 bits per heavy atom. The van der Waals surface area contributed by atoms with E-state index in [1.807, 2.05) is 13.0 Å². The zero-order chi connectivity index (χ0) is 18.0. The maximum Gasteiger partial charge on any atom is 0.277 e. The van der Waals surface area contributed by atoms with Crippen molar-refractivity contribution in [2.45, 2.75) is 70.9 Å². The maximum atomic E-state index is 12.7. The predicted molar refractivity (Wildman–Crippen MR) is 101 cm³/mol. The zero-order valence-corrected chi connectivity index (χ0v) is 16.3. The monoisotopic (exact) mass is 358 g/mol.